The summed E-state index contributed by atoms with van der Waals surface area (Å²) in [4.78, 5) is 0. The van der Waals surface area contributed by atoms with Crippen LogP contribution in [0.5, 0.6) is 0 Å². The maximum absolute atomic E-state index is 8.88. The van der Waals surface area contributed by atoms with E-state index < -0.39 is 0 Å². The van der Waals surface area contributed by atoms with Crippen molar-refractivity contribution in [2.45, 2.75) is 37.8 Å². The van der Waals surface area contributed by atoms with E-state index in [0.29, 0.717) is 28.6 Å². The number of halogens is 1. The molecular formula is C15H17ClN2O. The van der Waals surface area contributed by atoms with Crippen LogP contribution in [0.2, 0.25) is 5.02 Å². The lowest BCUT2D eigenvalue weighted by atomic mass is 9.81. The summed E-state index contributed by atoms with van der Waals surface area (Å²) in [6.07, 6.45) is 5.16. The molecule has 3 nitrogen and oxygen atoms in total. The highest BCUT2D eigenvalue weighted by molar-refractivity contribution is 6.32. The lowest BCUT2D eigenvalue weighted by Crippen LogP contribution is -2.38. The molecule has 0 bridgehead atoms. The number of rotatable bonds is 2. The van der Waals surface area contributed by atoms with E-state index in [-0.39, 0.29) is 0 Å². The zero-order valence-corrected chi connectivity index (χ0v) is 11.5. The largest absolute Gasteiger partial charge is 0.382 e. The molecule has 3 atom stereocenters. The van der Waals surface area contributed by atoms with Crippen LogP contribution in [0.1, 0.15) is 31.2 Å². The van der Waals surface area contributed by atoms with Gasteiger partial charge in [-0.15, -0.1) is 0 Å². The van der Waals surface area contributed by atoms with Crippen molar-refractivity contribution < 1.29 is 4.74 Å². The van der Waals surface area contributed by atoms with Crippen molar-refractivity contribution in [2.24, 2.45) is 5.92 Å². The predicted molar refractivity (Wildman–Crippen MR) is 75.3 cm³/mol. The first-order chi connectivity index (χ1) is 9.28. The van der Waals surface area contributed by atoms with Crippen LogP contribution in [0.4, 0.5) is 5.69 Å². The maximum Gasteiger partial charge on any atom is 0.101 e. The van der Waals surface area contributed by atoms with Crippen LogP contribution in [-0.2, 0) is 4.74 Å². The molecule has 1 heterocycles. The molecule has 0 aromatic heterocycles. The summed E-state index contributed by atoms with van der Waals surface area (Å²) in [5, 5.41) is 13.0. The van der Waals surface area contributed by atoms with Gasteiger partial charge in [0.1, 0.15) is 6.07 Å². The number of anilines is 1. The van der Waals surface area contributed by atoms with Crippen molar-refractivity contribution in [3.63, 3.8) is 0 Å². The molecule has 0 spiro atoms. The second-order valence-electron chi connectivity index (χ2n) is 5.35. The first kappa shape index (κ1) is 12.8. The quantitative estimate of drug-likeness (QED) is 0.898. The zero-order chi connectivity index (χ0) is 13.2. The van der Waals surface area contributed by atoms with Gasteiger partial charge in [0.05, 0.1) is 16.7 Å². The number of nitrogens with one attached hydrogen (secondary N) is 1. The standard InChI is InChI=1S/C15H17ClN2O/c16-13-8-11(5-4-10(13)9-17)18-14-2-1-3-15-12(14)6-7-19-15/h4-5,8,12,14-15,18H,1-3,6-7H2. The van der Waals surface area contributed by atoms with Gasteiger partial charge in [0, 0.05) is 24.3 Å². The molecule has 0 radical (unpaired) electrons. The highest BCUT2D eigenvalue weighted by Crippen LogP contribution is 2.36. The summed E-state index contributed by atoms with van der Waals surface area (Å²) in [5.41, 5.74) is 1.53. The van der Waals surface area contributed by atoms with E-state index in [4.69, 9.17) is 21.6 Å². The monoisotopic (exact) mass is 276 g/mol. The zero-order valence-electron chi connectivity index (χ0n) is 10.7. The minimum atomic E-state index is 0.431. The number of nitrogens with zero attached hydrogens (tertiary/aromatic N) is 1. The summed E-state index contributed by atoms with van der Waals surface area (Å²) in [6, 6.07) is 8.10. The molecular weight excluding hydrogens is 260 g/mol. The Morgan fingerprint density at radius 3 is 3.00 bits per heavy atom. The van der Waals surface area contributed by atoms with Crippen molar-refractivity contribution in [1.29, 1.82) is 5.26 Å². The first-order valence-corrected chi connectivity index (χ1v) is 7.23. The second-order valence-corrected chi connectivity index (χ2v) is 5.76. The summed E-state index contributed by atoms with van der Waals surface area (Å²) in [5.74, 6) is 0.614. The first-order valence-electron chi connectivity index (χ1n) is 6.86. The number of hydrogen-bond acceptors (Lipinski definition) is 3. The molecule has 3 rings (SSSR count). The van der Waals surface area contributed by atoms with Gasteiger partial charge in [-0.25, -0.2) is 0 Å². The molecule has 1 aromatic rings. The highest BCUT2D eigenvalue weighted by Gasteiger charge is 2.37. The van der Waals surface area contributed by atoms with Crippen molar-refractivity contribution in [2.75, 3.05) is 11.9 Å². The van der Waals surface area contributed by atoms with Crippen LogP contribution in [0.3, 0.4) is 0 Å². The van der Waals surface area contributed by atoms with Gasteiger partial charge in [0.2, 0.25) is 0 Å². The Kier molecular flexibility index (Phi) is 3.63. The normalized spacial score (nSPS) is 29.6. The van der Waals surface area contributed by atoms with E-state index in [9.17, 15) is 0 Å². The fourth-order valence-electron chi connectivity index (χ4n) is 3.26. The molecule has 1 N–H and O–H groups in total. The van der Waals surface area contributed by atoms with E-state index >= 15 is 0 Å². The van der Waals surface area contributed by atoms with Gasteiger partial charge in [-0.1, -0.05) is 11.6 Å². The Balaban J connectivity index is 1.74. The van der Waals surface area contributed by atoms with Gasteiger partial charge in [-0.05, 0) is 43.9 Å². The van der Waals surface area contributed by atoms with Gasteiger partial charge < -0.3 is 10.1 Å². The van der Waals surface area contributed by atoms with Crippen molar-refractivity contribution in [1.82, 2.24) is 0 Å². The molecule has 1 aliphatic heterocycles. The molecule has 2 fully saturated rings. The molecule has 2 aliphatic rings. The minimum Gasteiger partial charge on any atom is -0.382 e. The SMILES string of the molecule is N#Cc1ccc(NC2CCCC3OCCC23)cc1Cl. The van der Waals surface area contributed by atoms with Gasteiger partial charge >= 0.3 is 0 Å². The van der Waals surface area contributed by atoms with E-state index in [1.165, 1.54) is 19.3 Å². The van der Waals surface area contributed by atoms with Gasteiger partial charge in [-0.3, -0.25) is 0 Å². The molecule has 0 amide bonds. The number of fused-ring (bicyclic) bond motifs is 1. The van der Waals surface area contributed by atoms with Crippen LogP contribution in [-0.4, -0.2) is 18.8 Å². The summed E-state index contributed by atoms with van der Waals surface area (Å²) in [6.45, 7) is 0.891. The van der Waals surface area contributed by atoms with Gasteiger partial charge in [-0.2, -0.15) is 5.26 Å². The van der Waals surface area contributed by atoms with Gasteiger partial charge in [0.25, 0.3) is 0 Å². The molecule has 1 saturated heterocycles. The van der Waals surface area contributed by atoms with Crippen LogP contribution < -0.4 is 5.32 Å². The second kappa shape index (κ2) is 5.40. The van der Waals surface area contributed by atoms with Crippen LogP contribution in [0, 0.1) is 17.2 Å². The molecule has 3 unspecified atom stereocenters. The topological polar surface area (TPSA) is 45.0 Å². The number of hydrogen-bond donors (Lipinski definition) is 1. The fraction of sp³-hybridized carbons (Fsp3) is 0.533. The number of ether oxygens (including phenoxy) is 1. The Bertz CT molecular complexity index is 511. The lowest BCUT2D eigenvalue weighted by Gasteiger charge is -2.34. The Morgan fingerprint density at radius 1 is 1.32 bits per heavy atom. The lowest BCUT2D eigenvalue weighted by molar-refractivity contribution is 0.0620. The molecule has 1 saturated carbocycles. The Labute approximate surface area is 118 Å². The summed E-state index contributed by atoms with van der Waals surface area (Å²) >= 11 is 6.07. The smallest absolute Gasteiger partial charge is 0.101 e. The van der Waals surface area contributed by atoms with Crippen molar-refractivity contribution in [3.8, 4) is 6.07 Å². The van der Waals surface area contributed by atoms with E-state index in [2.05, 4.69) is 11.4 Å². The Hall–Kier alpha value is -1.24. The summed E-state index contributed by atoms with van der Waals surface area (Å²) in [7, 11) is 0. The third kappa shape index (κ3) is 2.56. The van der Waals surface area contributed by atoms with Crippen LogP contribution in [0.25, 0.3) is 0 Å². The number of benzene rings is 1. The van der Waals surface area contributed by atoms with Crippen LogP contribution in [0.15, 0.2) is 18.2 Å². The maximum atomic E-state index is 8.88. The molecule has 1 aliphatic carbocycles. The van der Waals surface area contributed by atoms with E-state index in [1.54, 1.807) is 6.07 Å². The van der Waals surface area contributed by atoms with Gasteiger partial charge in [0.15, 0.2) is 0 Å². The predicted octanol–water partition coefficient (Wildman–Crippen LogP) is 3.58. The summed E-state index contributed by atoms with van der Waals surface area (Å²) < 4.78 is 5.78. The third-order valence-corrected chi connectivity index (χ3v) is 4.54. The molecule has 100 valence electrons. The Morgan fingerprint density at radius 2 is 2.21 bits per heavy atom. The molecule has 1 aromatic carbocycles. The average Bonchev–Trinajstić information content (AvgIpc) is 2.88. The molecule has 19 heavy (non-hydrogen) atoms. The number of nitriles is 1. The van der Waals surface area contributed by atoms with E-state index in [0.717, 1.165) is 18.7 Å². The van der Waals surface area contributed by atoms with Crippen molar-refractivity contribution >= 4 is 17.3 Å². The highest BCUT2D eigenvalue weighted by atomic mass is 35.5. The average molecular weight is 277 g/mol. The van der Waals surface area contributed by atoms with E-state index in [1.807, 2.05) is 12.1 Å². The fourth-order valence-corrected chi connectivity index (χ4v) is 3.49. The molecule has 4 heteroatoms. The van der Waals surface area contributed by atoms with Crippen molar-refractivity contribution in [3.05, 3.63) is 28.8 Å². The minimum absolute atomic E-state index is 0.431. The van der Waals surface area contributed by atoms with Crippen LogP contribution >= 0.6 is 11.6 Å². The third-order valence-electron chi connectivity index (χ3n) is 4.22.